The van der Waals surface area contributed by atoms with Crippen LogP contribution in [-0.4, -0.2) is 28.7 Å². The van der Waals surface area contributed by atoms with Gasteiger partial charge in [0.2, 0.25) is 5.82 Å². The van der Waals surface area contributed by atoms with Gasteiger partial charge < -0.3 is 9.47 Å². The molecule has 8 heteroatoms. The number of hydrogen-bond donors (Lipinski definition) is 0. The van der Waals surface area contributed by atoms with Gasteiger partial charge in [0, 0.05) is 18.5 Å². The summed E-state index contributed by atoms with van der Waals surface area (Å²) in [5, 5.41) is 20.1. The molecule has 2 aromatic rings. The fourth-order valence-corrected chi connectivity index (χ4v) is 1.78. The summed E-state index contributed by atoms with van der Waals surface area (Å²) in [6.45, 7) is 0. The van der Waals surface area contributed by atoms with Gasteiger partial charge in [-0.1, -0.05) is 0 Å². The maximum atomic E-state index is 11.2. The second kappa shape index (κ2) is 5.27. The van der Waals surface area contributed by atoms with E-state index in [9.17, 15) is 10.1 Å². The summed E-state index contributed by atoms with van der Waals surface area (Å²) < 4.78 is 11.5. The average molecular weight is 274 g/mol. The van der Waals surface area contributed by atoms with Crippen LogP contribution in [0.4, 0.5) is 5.69 Å². The molecule has 0 unspecified atom stereocenters. The van der Waals surface area contributed by atoms with Crippen LogP contribution in [0.25, 0.3) is 5.69 Å². The number of hydrogen-bond acceptors (Lipinski definition) is 6. The first-order chi connectivity index (χ1) is 9.62. The van der Waals surface area contributed by atoms with Gasteiger partial charge in [0.05, 0.1) is 25.2 Å². The maximum absolute atomic E-state index is 11.2. The second-order valence-corrected chi connectivity index (χ2v) is 3.69. The minimum absolute atomic E-state index is 0.0420. The normalized spacial score (nSPS) is 9.85. The van der Waals surface area contributed by atoms with Crippen LogP contribution in [0.5, 0.6) is 11.5 Å². The summed E-state index contributed by atoms with van der Waals surface area (Å²) in [5.41, 5.74) is -0.0288. The Morgan fingerprint density at radius 2 is 2.00 bits per heavy atom. The van der Waals surface area contributed by atoms with Gasteiger partial charge in [-0.05, 0) is 0 Å². The van der Waals surface area contributed by atoms with Crippen LogP contribution in [-0.2, 0) is 0 Å². The van der Waals surface area contributed by atoms with Crippen molar-refractivity contribution >= 4 is 5.69 Å². The largest absolute Gasteiger partial charge is 0.493 e. The van der Waals surface area contributed by atoms with Crippen molar-refractivity contribution < 1.29 is 14.4 Å². The molecule has 0 amide bonds. The quantitative estimate of drug-likeness (QED) is 0.620. The van der Waals surface area contributed by atoms with Crippen molar-refractivity contribution in [2.75, 3.05) is 14.2 Å². The number of nitro groups is 1. The molecule has 2 rings (SSSR count). The topological polar surface area (TPSA) is 103 Å². The van der Waals surface area contributed by atoms with E-state index in [2.05, 4.69) is 4.98 Å². The van der Waals surface area contributed by atoms with Gasteiger partial charge >= 0.3 is 0 Å². The van der Waals surface area contributed by atoms with Gasteiger partial charge in [-0.3, -0.25) is 14.7 Å². The van der Waals surface area contributed by atoms with Crippen LogP contribution in [0.2, 0.25) is 0 Å². The number of nitrogens with zero attached hydrogens (tertiary/aromatic N) is 4. The second-order valence-electron chi connectivity index (χ2n) is 3.69. The molecule has 0 bridgehead atoms. The van der Waals surface area contributed by atoms with Gasteiger partial charge in [0.1, 0.15) is 11.8 Å². The van der Waals surface area contributed by atoms with Gasteiger partial charge in [-0.15, -0.1) is 0 Å². The van der Waals surface area contributed by atoms with Gasteiger partial charge in [-0.2, -0.15) is 5.26 Å². The van der Waals surface area contributed by atoms with E-state index in [1.54, 1.807) is 0 Å². The number of methoxy groups -OCH3 is 2. The zero-order chi connectivity index (χ0) is 14.7. The van der Waals surface area contributed by atoms with E-state index in [0.717, 1.165) is 0 Å². The van der Waals surface area contributed by atoms with Crippen LogP contribution in [0.3, 0.4) is 0 Å². The lowest BCUT2D eigenvalue weighted by Gasteiger charge is -2.11. The number of imidazole rings is 1. The number of ether oxygens (including phenoxy) is 2. The minimum atomic E-state index is -0.557. The minimum Gasteiger partial charge on any atom is -0.493 e. The Kier molecular flexibility index (Phi) is 3.52. The fourth-order valence-electron chi connectivity index (χ4n) is 1.78. The highest BCUT2D eigenvalue weighted by Crippen LogP contribution is 2.36. The number of nitro benzene ring substituents is 1. The molecular weight excluding hydrogens is 264 g/mol. The molecule has 0 aliphatic rings. The highest BCUT2D eigenvalue weighted by molar-refractivity contribution is 5.62. The monoisotopic (exact) mass is 274 g/mol. The zero-order valence-corrected chi connectivity index (χ0v) is 10.7. The van der Waals surface area contributed by atoms with Crippen molar-refractivity contribution in [2.45, 2.75) is 0 Å². The standard InChI is InChI=1S/C12H10N4O4/c1-19-10-5-8(15-4-3-14-12(15)7-13)9(16(17)18)6-11(10)20-2/h3-6H,1-2H3. The Labute approximate surface area is 113 Å². The number of nitriles is 1. The van der Waals surface area contributed by atoms with Crippen LogP contribution in [0, 0.1) is 21.4 Å². The summed E-state index contributed by atoms with van der Waals surface area (Å²) >= 11 is 0. The Morgan fingerprint density at radius 1 is 1.35 bits per heavy atom. The van der Waals surface area contributed by atoms with Gasteiger partial charge in [-0.25, -0.2) is 4.98 Å². The third-order valence-corrected chi connectivity index (χ3v) is 2.68. The third kappa shape index (κ3) is 2.12. The summed E-state index contributed by atoms with van der Waals surface area (Å²) in [6.07, 6.45) is 2.85. The molecule has 0 saturated carbocycles. The Morgan fingerprint density at radius 3 is 2.55 bits per heavy atom. The predicted molar refractivity (Wildman–Crippen MR) is 68.0 cm³/mol. The highest BCUT2D eigenvalue weighted by Gasteiger charge is 2.22. The van der Waals surface area contributed by atoms with Crippen LogP contribution in [0.1, 0.15) is 5.82 Å². The van der Waals surface area contributed by atoms with Crippen molar-refractivity contribution in [3.8, 4) is 23.3 Å². The van der Waals surface area contributed by atoms with Crippen molar-refractivity contribution in [1.82, 2.24) is 9.55 Å². The number of rotatable bonds is 4. The molecule has 0 spiro atoms. The van der Waals surface area contributed by atoms with E-state index >= 15 is 0 Å². The lowest BCUT2D eigenvalue weighted by Crippen LogP contribution is -2.03. The molecule has 0 N–H and O–H groups in total. The van der Waals surface area contributed by atoms with Gasteiger partial charge in [0.15, 0.2) is 11.5 Å². The third-order valence-electron chi connectivity index (χ3n) is 2.68. The number of benzene rings is 1. The highest BCUT2D eigenvalue weighted by atomic mass is 16.6. The molecule has 1 aromatic carbocycles. The molecule has 0 fully saturated rings. The summed E-state index contributed by atoms with van der Waals surface area (Å²) in [7, 11) is 2.81. The summed E-state index contributed by atoms with van der Waals surface area (Å²) in [6, 6.07) is 4.54. The molecule has 0 saturated heterocycles. The molecule has 1 heterocycles. The molecule has 0 aliphatic carbocycles. The summed E-state index contributed by atoms with van der Waals surface area (Å²) in [5.74, 6) is 0.604. The van der Waals surface area contributed by atoms with Gasteiger partial charge in [0.25, 0.3) is 5.69 Å². The lowest BCUT2D eigenvalue weighted by molar-refractivity contribution is -0.384. The molecule has 1 aromatic heterocycles. The smallest absolute Gasteiger partial charge is 0.297 e. The van der Waals surface area contributed by atoms with E-state index in [4.69, 9.17) is 14.7 Å². The first kappa shape index (κ1) is 13.4. The van der Waals surface area contributed by atoms with Crippen molar-refractivity contribution in [3.63, 3.8) is 0 Å². The SMILES string of the molecule is COc1cc(-n2ccnc2C#N)c([N+](=O)[O-])cc1OC. The van der Waals surface area contributed by atoms with E-state index in [-0.39, 0.29) is 22.9 Å². The Bertz CT molecular complexity index is 702. The van der Waals surface area contributed by atoms with E-state index in [1.807, 2.05) is 6.07 Å². The maximum Gasteiger partial charge on any atom is 0.297 e. The van der Waals surface area contributed by atoms with Crippen LogP contribution < -0.4 is 9.47 Å². The zero-order valence-electron chi connectivity index (χ0n) is 10.7. The summed E-state index contributed by atoms with van der Waals surface area (Å²) in [4.78, 5) is 14.4. The van der Waals surface area contributed by atoms with E-state index in [0.29, 0.717) is 5.75 Å². The molecule has 8 nitrogen and oxygen atoms in total. The molecule has 0 atom stereocenters. The first-order valence-electron chi connectivity index (χ1n) is 5.46. The van der Waals surface area contributed by atoms with E-state index in [1.165, 1.54) is 43.3 Å². The van der Waals surface area contributed by atoms with Crippen molar-refractivity contribution in [1.29, 1.82) is 5.26 Å². The van der Waals surface area contributed by atoms with E-state index < -0.39 is 4.92 Å². The van der Waals surface area contributed by atoms with Crippen molar-refractivity contribution in [3.05, 3.63) is 40.5 Å². The molecule has 20 heavy (non-hydrogen) atoms. The molecule has 102 valence electrons. The Hall–Kier alpha value is -3.08. The molecule has 0 aliphatic heterocycles. The fraction of sp³-hybridized carbons (Fsp3) is 0.167. The number of aromatic nitrogens is 2. The Balaban J connectivity index is 2.74. The van der Waals surface area contributed by atoms with Crippen LogP contribution >= 0.6 is 0 Å². The van der Waals surface area contributed by atoms with Crippen LogP contribution in [0.15, 0.2) is 24.5 Å². The molecular formula is C12H10N4O4. The molecule has 0 radical (unpaired) electrons. The average Bonchev–Trinajstić information content (AvgIpc) is 2.93. The lowest BCUT2D eigenvalue weighted by atomic mass is 10.2. The predicted octanol–water partition coefficient (Wildman–Crippen LogP) is 1.67. The van der Waals surface area contributed by atoms with Crippen molar-refractivity contribution in [2.24, 2.45) is 0 Å². The first-order valence-corrected chi connectivity index (χ1v) is 5.46.